The third kappa shape index (κ3) is 13.7. The number of nitrogens with one attached hydrogen (secondary N) is 4. The van der Waals surface area contributed by atoms with E-state index in [-0.39, 0.29) is 53.8 Å². The number of ketones is 1. The van der Waals surface area contributed by atoms with Gasteiger partial charge in [-0.3, -0.25) is 48.7 Å². The molecule has 21 heteroatoms. The number of aromatic nitrogens is 5. The number of azo groups is 1. The molecule has 8 rings (SSSR count). The van der Waals surface area contributed by atoms with E-state index >= 15 is 0 Å². The summed E-state index contributed by atoms with van der Waals surface area (Å²) in [6.07, 6.45) is 8.29. The van der Waals surface area contributed by atoms with Gasteiger partial charge in [0, 0.05) is 96.7 Å². The number of hydrogen-bond donors (Lipinski definition) is 4. The topological polar surface area (TPSA) is 261 Å². The van der Waals surface area contributed by atoms with Crippen molar-refractivity contribution in [1.82, 2.24) is 40.9 Å². The minimum absolute atomic E-state index is 0.00457. The number of fused-ring (bicyclic) bond motifs is 4. The molecular weight excluding hydrogens is 987 g/mol. The number of benzene rings is 5. The van der Waals surface area contributed by atoms with Gasteiger partial charge in [0.15, 0.2) is 5.78 Å². The molecule has 0 unspecified atom stereocenters. The van der Waals surface area contributed by atoms with Crippen molar-refractivity contribution in [2.75, 3.05) is 36.1 Å². The van der Waals surface area contributed by atoms with Gasteiger partial charge in [-0.15, -0.1) is 22.0 Å². The van der Waals surface area contributed by atoms with Gasteiger partial charge < -0.3 is 26.2 Å². The second kappa shape index (κ2) is 25.6. The van der Waals surface area contributed by atoms with E-state index in [4.69, 9.17) is 0 Å². The van der Waals surface area contributed by atoms with Crippen LogP contribution in [0.3, 0.4) is 0 Å². The molecule has 8 aromatic rings. The van der Waals surface area contributed by atoms with Gasteiger partial charge in [-0.2, -0.15) is 5.11 Å². The van der Waals surface area contributed by atoms with Crippen LogP contribution in [0.15, 0.2) is 156 Å². The maximum Gasteiger partial charge on any atom is 0.277 e. The Bertz CT molecular complexity index is 3480. The van der Waals surface area contributed by atoms with Crippen LogP contribution in [0, 0.1) is 10.1 Å². The molecule has 4 N–H and O–H groups in total. The maximum absolute atomic E-state index is 13.1. The van der Waals surface area contributed by atoms with Crippen molar-refractivity contribution in [3.05, 3.63) is 172 Å². The molecule has 0 aliphatic heterocycles. The number of pyridine rings is 2. The van der Waals surface area contributed by atoms with Crippen LogP contribution in [-0.4, -0.2) is 91.2 Å². The van der Waals surface area contributed by atoms with Gasteiger partial charge in [-0.1, -0.05) is 41.6 Å². The highest BCUT2D eigenvalue weighted by Gasteiger charge is 2.21. The van der Waals surface area contributed by atoms with Crippen molar-refractivity contribution < 1.29 is 28.9 Å². The molecule has 0 fully saturated rings. The molecule has 0 saturated heterocycles. The molecular formula is C55H53N13O7S. The van der Waals surface area contributed by atoms with Crippen LogP contribution in [0.2, 0.25) is 0 Å². The number of hydrogen-bond acceptors (Lipinski definition) is 15. The second-order valence-electron chi connectivity index (χ2n) is 17.3. The second-order valence-corrected chi connectivity index (χ2v) is 18.3. The quantitative estimate of drug-likeness (QED) is 0.00838. The number of anilines is 2. The van der Waals surface area contributed by atoms with Crippen molar-refractivity contribution in [1.29, 1.82) is 0 Å². The summed E-state index contributed by atoms with van der Waals surface area (Å²) < 4.78 is 1.67. The van der Waals surface area contributed by atoms with Crippen molar-refractivity contribution in [3.63, 3.8) is 0 Å². The number of carbonyl (C=O) groups excluding carboxylic acids is 5. The predicted octanol–water partition coefficient (Wildman–Crippen LogP) is 9.17. The molecule has 3 heterocycles. The lowest BCUT2D eigenvalue weighted by Gasteiger charge is -2.23. The summed E-state index contributed by atoms with van der Waals surface area (Å²) in [5.41, 5.74) is 5.40. The molecule has 0 bridgehead atoms. The Balaban J connectivity index is 0.731. The van der Waals surface area contributed by atoms with Crippen LogP contribution in [0.25, 0.3) is 32.6 Å². The van der Waals surface area contributed by atoms with E-state index in [9.17, 15) is 34.1 Å². The molecule has 0 radical (unpaired) electrons. The fourth-order valence-electron chi connectivity index (χ4n) is 8.28. The number of nitro benzene ring substituents is 1. The number of allylic oxidation sites excluding steroid dienone is 1. The summed E-state index contributed by atoms with van der Waals surface area (Å²) >= 11 is 1.20. The molecule has 0 aliphatic rings. The smallest absolute Gasteiger partial charge is 0.277 e. The fraction of sp³-hybridized carbons (Fsp3) is 0.218. The average Bonchev–Trinajstić information content (AvgIpc) is 3.91. The summed E-state index contributed by atoms with van der Waals surface area (Å²) in [6.45, 7) is 3.63. The Morgan fingerprint density at radius 3 is 2.32 bits per heavy atom. The number of nitrogens with zero attached hydrogens (tertiary/aromatic N) is 9. The molecule has 76 heavy (non-hydrogen) atoms. The highest BCUT2D eigenvalue weighted by atomic mass is 32.2. The number of rotatable bonds is 24. The summed E-state index contributed by atoms with van der Waals surface area (Å²) in [6, 6.07) is 32.1. The number of non-ortho nitro benzene ring substituents is 1. The van der Waals surface area contributed by atoms with Gasteiger partial charge in [0.05, 0.1) is 51.1 Å². The Labute approximate surface area is 440 Å². The molecule has 0 saturated carbocycles. The van der Waals surface area contributed by atoms with Crippen LogP contribution in [0.4, 0.5) is 28.4 Å². The zero-order valence-corrected chi connectivity index (χ0v) is 42.4. The number of amides is 4. The van der Waals surface area contributed by atoms with Gasteiger partial charge in [-0.25, -0.2) is 0 Å². The Kier molecular flexibility index (Phi) is 17.9. The average molecular weight is 1040 g/mol. The number of aryl methyl sites for hydroxylation is 1. The monoisotopic (exact) mass is 1040 g/mol. The van der Waals surface area contributed by atoms with Crippen LogP contribution < -0.4 is 26.2 Å². The third-order valence-electron chi connectivity index (χ3n) is 12.3. The molecule has 0 spiro atoms. The van der Waals surface area contributed by atoms with E-state index in [0.29, 0.717) is 83.6 Å². The maximum atomic E-state index is 13.1. The predicted molar refractivity (Wildman–Crippen MR) is 293 cm³/mol. The number of thioether (sulfide) groups is 1. The first-order chi connectivity index (χ1) is 37.0. The normalized spacial score (nSPS) is 11.8. The minimum atomic E-state index is -0.858. The van der Waals surface area contributed by atoms with E-state index in [2.05, 4.69) is 51.8 Å². The molecule has 5 aromatic carbocycles. The number of unbranched alkanes of at least 4 members (excludes halogenated alkanes) is 1. The first kappa shape index (κ1) is 53.1. The van der Waals surface area contributed by atoms with Gasteiger partial charge in [0.2, 0.25) is 17.7 Å². The summed E-state index contributed by atoms with van der Waals surface area (Å²) in [5.74, 6) is -1.29. The number of likely N-dealkylation sites (N-methyl/N-ethyl adjacent to an activating group) is 1. The fourth-order valence-corrected chi connectivity index (χ4v) is 9.04. The zero-order valence-electron chi connectivity index (χ0n) is 41.6. The zero-order chi connectivity index (χ0) is 53.4. The van der Waals surface area contributed by atoms with Gasteiger partial charge >= 0.3 is 0 Å². The third-order valence-corrected chi connectivity index (χ3v) is 13.1. The standard InChI is InChI=1S/C55H53N13O7S/c1-3-66(41-21-19-39(20-22-41)62-64-45-23-24-48(68(74)75)43-12-5-4-11-42(43)45)30-25-51(71)61-47(55(73)56-2)35-76-31-26-49(69)36-15-17-37(18-16-36)54(72)59-33-40-34-67(65-63-40)29-7-6-14-50(70)60-46-32-38-10-8-27-57-52(38)53-44(46)13-9-28-58-53/h4-5,8-13,15-24,26-28,31-32,34,47H,3,6-7,14,25,29-30,33,35H2,1-2H3,(H,56,73)(H,59,72)(H,60,70)(H,61,71)/b31-26+,64-62?/t47-/m0/s1. The number of carbonyl (C=O) groups is 5. The van der Waals surface area contributed by atoms with Crippen molar-refractivity contribution in [2.45, 2.75) is 51.7 Å². The molecule has 4 amide bonds. The van der Waals surface area contributed by atoms with Crippen molar-refractivity contribution >= 4 is 102 Å². The summed E-state index contributed by atoms with van der Waals surface area (Å²) in [4.78, 5) is 86.7. The van der Waals surface area contributed by atoms with Crippen molar-refractivity contribution in [2.24, 2.45) is 10.2 Å². The molecule has 386 valence electrons. The van der Waals surface area contributed by atoms with E-state index in [1.807, 2.05) is 54.3 Å². The van der Waals surface area contributed by atoms with Crippen molar-refractivity contribution in [3.8, 4) is 0 Å². The first-order valence-electron chi connectivity index (χ1n) is 24.4. The molecule has 3 aromatic heterocycles. The lowest BCUT2D eigenvalue weighted by molar-refractivity contribution is -0.383. The van der Waals surface area contributed by atoms with Gasteiger partial charge in [0.25, 0.3) is 11.6 Å². The first-order valence-corrected chi connectivity index (χ1v) is 25.5. The Hall–Kier alpha value is -9.24. The van der Waals surface area contributed by atoms with Crippen LogP contribution in [0.5, 0.6) is 0 Å². The van der Waals surface area contributed by atoms with E-state index in [1.165, 1.54) is 31.0 Å². The van der Waals surface area contributed by atoms with E-state index in [0.717, 1.165) is 27.5 Å². The van der Waals surface area contributed by atoms with Crippen LogP contribution >= 0.6 is 11.8 Å². The highest BCUT2D eigenvalue weighted by molar-refractivity contribution is 8.02. The highest BCUT2D eigenvalue weighted by Crippen LogP contribution is 2.34. The van der Waals surface area contributed by atoms with Gasteiger partial charge in [0.1, 0.15) is 11.7 Å². The molecule has 1 atom stereocenters. The minimum Gasteiger partial charge on any atom is -0.371 e. The van der Waals surface area contributed by atoms with Crippen LogP contribution in [-0.2, 0) is 27.5 Å². The Morgan fingerprint density at radius 2 is 1.55 bits per heavy atom. The lowest BCUT2D eigenvalue weighted by atomic mass is 10.1. The Morgan fingerprint density at radius 1 is 0.816 bits per heavy atom. The van der Waals surface area contributed by atoms with E-state index in [1.54, 1.807) is 95.4 Å². The van der Waals surface area contributed by atoms with Gasteiger partial charge in [-0.05, 0) is 104 Å². The molecule has 20 nitrogen and oxygen atoms in total. The van der Waals surface area contributed by atoms with Crippen LogP contribution in [0.1, 0.15) is 59.0 Å². The summed E-state index contributed by atoms with van der Waals surface area (Å²) in [7, 11) is 1.48. The summed E-state index contributed by atoms with van der Waals surface area (Å²) in [5, 5.41) is 44.1. The SMILES string of the molecule is CCN(CCC(=O)N[C@@H](CS/C=C/C(=O)c1ccc(C(=O)NCc2cn(CCCCC(=O)Nc3cc4cccnc4c4ncccc34)nn2)cc1)C(=O)NC)c1ccc(N=Nc2ccc([N+](=O)[O-])c3ccccc23)cc1. The molecule has 0 aliphatic carbocycles. The van der Waals surface area contributed by atoms with E-state index < -0.39 is 11.0 Å². The lowest BCUT2D eigenvalue weighted by Crippen LogP contribution is -2.47. The number of nitro groups is 1. The largest absolute Gasteiger partial charge is 0.371 e.